The molecule has 0 amide bonds. The molecule has 8 bridgehead atoms. The van der Waals surface area contributed by atoms with Crippen molar-refractivity contribution in [2.45, 2.75) is 388 Å². The first-order chi connectivity index (χ1) is 67.4. The maximum Gasteiger partial charge on any atom is 0.164 e. The number of fused-ring (bicyclic) bond motifs is 20. The van der Waals surface area contributed by atoms with Gasteiger partial charge in [0.2, 0.25) is 0 Å². The van der Waals surface area contributed by atoms with Crippen LogP contribution >= 0.6 is 0 Å². The first kappa shape index (κ1) is 103. The Hall–Kier alpha value is -10.1. The van der Waals surface area contributed by atoms with Gasteiger partial charge in [0.1, 0.15) is 22.6 Å². The Labute approximate surface area is 817 Å². The maximum absolute atomic E-state index is 7.15. The molecule has 0 saturated carbocycles. The van der Waals surface area contributed by atoms with E-state index in [0.29, 0.717) is 120 Å². The van der Waals surface area contributed by atoms with E-state index in [2.05, 4.69) is 209 Å². The summed E-state index contributed by atoms with van der Waals surface area (Å²) in [5.41, 5.74) is 13.5. The molecule has 0 radical (unpaired) electrons. The Balaban J connectivity index is 1.07. The standard InChI is InChI=1S/C122H166N8O6/c1-7-13-19-25-31-37-43-49-67-81-131-103-87-97-98(88-104(103)132-82-68-50-44-38-32-26-20-14-8-2)116-123-115(97)124-117-99-89-105(133-83-69-51-45-39-33-27-21-15-9-3)107(135-85-71-53-47-41-35-29-23-17-11-5)91-101(99)119(126-117)128-121-113-111(95-77-63-57-64-78-95)109(93-73-59-55-60-74-93)110(94-75-61-56-62-76-94)112(96-79-65-58-66-80-96)114(113)122(130-121)129-120-102-92-108(136-86-72-54-48-42-36-30-24-18-12-6)106(90-100(102)118(125-116)127-120)134-84-70-52-46-40-34-28-22-16-10-4/h55-66,73-80,87-92H,7-54,67-72,81-86H2,1-6H3,(H2,123,124,125,126,127,128,129,130). The molecule has 2 N–H and O–H groups in total. The van der Waals surface area contributed by atoms with E-state index in [1.807, 2.05) is 0 Å². The van der Waals surface area contributed by atoms with Gasteiger partial charge in [-0.25, -0.2) is 29.9 Å². The summed E-state index contributed by atoms with van der Waals surface area (Å²) in [4.78, 5) is 43.6. The lowest BCUT2D eigenvalue weighted by atomic mass is 9.80. The highest BCUT2D eigenvalue weighted by atomic mass is 16.5. The molecule has 0 fully saturated rings. The lowest BCUT2D eigenvalue weighted by Gasteiger charge is -2.22. The number of hydrogen-bond acceptors (Lipinski definition) is 12. The largest absolute Gasteiger partial charge is 0.490 e. The number of rotatable bonds is 70. The predicted molar refractivity (Wildman–Crippen MR) is 574 cm³/mol. The highest BCUT2D eigenvalue weighted by Gasteiger charge is 2.32. The summed E-state index contributed by atoms with van der Waals surface area (Å²) >= 11 is 0. The third kappa shape index (κ3) is 31.0. The van der Waals surface area contributed by atoms with Crippen LogP contribution < -0.4 is 28.4 Å². The molecule has 0 aliphatic carbocycles. The number of nitrogens with one attached hydrogen (secondary N) is 2. The molecule has 730 valence electrons. The molecule has 0 saturated heterocycles. The molecule has 136 heavy (non-hydrogen) atoms. The first-order valence-corrected chi connectivity index (χ1v) is 55.0. The summed E-state index contributed by atoms with van der Waals surface area (Å²) in [6.07, 6.45) is 65.4. The van der Waals surface area contributed by atoms with Gasteiger partial charge in [0.25, 0.3) is 0 Å². The fourth-order valence-corrected chi connectivity index (χ4v) is 19.9. The summed E-state index contributed by atoms with van der Waals surface area (Å²) in [7, 11) is 0. The van der Waals surface area contributed by atoms with Crippen LogP contribution in [0.4, 0.5) is 0 Å². The van der Waals surface area contributed by atoms with Crippen LogP contribution in [0, 0.1) is 0 Å². The predicted octanol–water partition coefficient (Wildman–Crippen LogP) is 37.0. The summed E-state index contributed by atoms with van der Waals surface area (Å²) in [6.45, 7) is 17.0. The number of nitrogens with zero attached hydrogens (tertiary/aromatic N) is 6. The average Bonchev–Trinajstić information content (AvgIpc) is 1.57. The molecule has 14 heteroatoms. The average molecular weight is 1840 g/mol. The molecule has 5 heterocycles. The Kier molecular flexibility index (Phi) is 45.0. The van der Waals surface area contributed by atoms with Crippen LogP contribution in [0.5, 0.6) is 34.5 Å². The number of benzene rings is 8. The van der Waals surface area contributed by atoms with Crippen molar-refractivity contribution in [3.8, 4) is 125 Å². The van der Waals surface area contributed by atoms with Gasteiger partial charge in [-0.15, -0.1) is 0 Å². The second kappa shape index (κ2) is 59.3. The van der Waals surface area contributed by atoms with Crippen molar-refractivity contribution in [1.82, 2.24) is 39.9 Å². The molecule has 11 aromatic rings. The van der Waals surface area contributed by atoms with Crippen molar-refractivity contribution in [1.29, 1.82) is 0 Å². The lowest BCUT2D eigenvalue weighted by Crippen LogP contribution is -2.03. The van der Waals surface area contributed by atoms with Gasteiger partial charge in [-0.1, -0.05) is 471 Å². The van der Waals surface area contributed by atoms with Gasteiger partial charge in [0, 0.05) is 54.9 Å². The fourth-order valence-electron chi connectivity index (χ4n) is 19.9. The van der Waals surface area contributed by atoms with Crippen LogP contribution in [0.25, 0.3) is 134 Å². The van der Waals surface area contributed by atoms with Crippen molar-refractivity contribution in [3.05, 3.63) is 158 Å². The van der Waals surface area contributed by atoms with Gasteiger partial charge >= 0.3 is 0 Å². The van der Waals surface area contributed by atoms with Gasteiger partial charge in [-0.3, -0.25) is 0 Å². The third-order valence-electron chi connectivity index (χ3n) is 27.7. The zero-order valence-corrected chi connectivity index (χ0v) is 84.6. The monoisotopic (exact) mass is 1840 g/mol. The third-order valence-corrected chi connectivity index (χ3v) is 27.7. The highest BCUT2D eigenvalue weighted by molar-refractivity contribution is 6.26. The van der Waals surface area contributed by atoms with E-state index in [4.69, 9.17) is 58.3 Å². The van der Waals surface area contributed by atoms with Gasteiger partial charge in [0.05, 0.1) is 39.6 Å². The molecule has 0 unspecified atom stereocenters. The zero-order chi connectivity index (χ0) is 94.0. The molecule has 2 aliphatic rings. The van der Waals surface area contributed by atoms with E-state index in [0.717, 1.165) is 165 Å². The first-order valence-electron chi connectivity index (χ1n) is 55.0. The molecule has 3 aromatic heterocycles. The van der Waals surface area contributed by atoms with Crippen LogP contribution in [0.15, 0.2) is 158 Å². The van der Waals surface area contributed by atoms with E-state index in [9.17, 15) is 0 Å². The van der Waals surface area contributed by atoms with Crippen molar-refractivity contribution < 1.29 is 28.4 Å². The van der Waals surface area contributed by atoms with Crippen LogP contribution in [-0.2, 0) is 0 Å². The Morgan fingerprint density at radius 1 is 0.184 bits per heavy atom. The molecule has 14 nitrogen and oxygen atoms in total. The number of unbranched alkanes of at least 4 members (excludes halogenated alkanes) is 48. The summed E-state index contributed by atoms with van der Waals surface area (Å²) in [5.74, 6) is 5.88. The molecule has 8 aromatic carbocycles. The smallest absolute Gasteiger partial charge is 0.164 e. The topological polar surface area (TPSA) is 164 Å². The molecule has 2 aliphatic heterocycles. The minimum absolute atomic E-state index is 0.462. The van der Waals surface area contributed by atoms with E-state index in [1.54, 1.807) is 0 Å². The molecular formula is C122H166N8O6. The van der Waals surface area contributed by atoms with Crippen molar-refractivity contribution in [2.75, 3.05) is 39.6 Å². The van der Waals surface area contributed by atoms with E-state index < -0.39 is 0 Å². The van der Waals surface area contributed by atoms with Gasteiger partial charge in [0.15, 0.2) is 57.8 Å². The number of ether oxygens (including phenoxy) is 6. The van der Waals surface area contributed by atoms with Crippen molar-refractivity contribution >= 4 is 44.1 Å². The van der Waals surface area contributed by atoms with Crippen LogP contribution in [0.3, 0.4) is 0 Å². The fraction of sp³-hybridized carbons (Fsp3) is 0.541. The van der Waals surface area contributed by atoms with E-state index >= 15 is 0 Å². The van der Waals surface area contributed by atoms with Crippen LogP contribution in [-0.4, -0.2) is 79.5 Å². The SMILES string of the molecule is CCCCCCCCCCCOc1cc2c(cc1OCCCCCCCCCCC)-c1nc-2nc2[nH]c(nc3nc(nc4[nH]c(n1)c1c(-c5ccccc5)c(-c5ccccc5)c(-c5ccccc5)c(-c5ccccc5)c41)-c1cc(OCCCCCCCCCCC)c(OCCCCCCCCCCC)cc1-3)c1cc(OCCCCCCCCCCC)c(OCCCCCCCCCCC)cc21. The van der Waals surface area contributed by atoms with Crippen LogP contribution in [0.1, 0.15) is 388 Å². The minimum atomic E-state index is 0.462. The second-order valence-electron chi connectivity index (χ2n) is 38.9. The Bertz CT molecular complexity index is 5150. The second-order valence-corrected chi connectivity index (χ2v) is 38.9. The van der Waals surface area contributed by atoms with Gasteiger partial charge in [-0.2, -0.15) is 0 Å². The molecule has 13 rings (SSSR count). The van der Waals surface area contributed by atoms with Crippen molar-refractivity contribution in [2.24, 2.45) is 0 Å². The molecule has 0 atom stereocenters. The lowest BCUT2D eigenvalue weighted by molar-refractivity contribution is 0.258. The minimum Gasteiger partial charge on any atom is -0.490 e. The van der Waals surface area contributed by atoms with Crippen molar-refractivity contribution in [3.63, 3.8) is 0 Å². The summed E-state index contributed by atoms with van der Waals surface area (Å²) in [6, 6.07) is 56.5. The number of aromatic nitrogens is 8. The zero-order valence-electron chi connectivity index (χ0n) is 84.6. The van der Waals surface area contributed by atoms with Gasteiger partial charge in [-0.05, 0) is 108 Å². The summed E-state index contributed by atoms with van der Waals surface area (Å²) in [5, 5.41) is 3.35. The molecular weight excluding hydrogens is 1670 g/mol. The highest BCUT2D eigenvalue weighted by Crippen LogP contribution is 2.54. The number of hydrogen-bond donors (Lipinski definition) is 2. The van der Waals surface area contributed by atoms with E-state index in [-0.39, 0.29) is 0 Å². The normalized spacial score (nSPS) is 11.8. The number of H-pyrrole nitrogens is 2. The van der Waals surface area contributed by atoms with Gasteiger partial charge < -0.3 is 38.4 Å². The van der Waals surface area contributed by atoms with E-state index in [1.165, 1.54) is 270 Å². The quantitative estimate of drug-likeness (QED) is 0.0347. The van der Waals surface area contributed by atoms with Crippen LogP contribution in [0.2, 0.25) is 0 Å². The Morgan fingerprint density at radius 3 is 0.574 bits per heavy atom. The molecule has 0 spiro atoms. The maximum atomic E-state index is 7.15. The summed E-state index contributed by atoms with van der Waals surface area (Å²) < 4.78 is 42.8. The number of aromatic amines is 2. The Morgan fingerprint density at radius 2 is 0.360 bits per heavy atom.